The molecular weight excluding hydrogens is 522 g/mol. The molecule has 0 radical (unpaired) electrons. The molecule has 1 fully saturated rings. The quantitative estimate of drug-likeness (QED) is 0.219. The van der Waals surface area contributed by atoms with Crippen molar-refractivity contribution in [2.24, 2.45) is 5.10 Å². The first-order valence-corrected chi connectivity index (χ1v) is 13.8. The number of nitrogens with one attached hydrogen (secondary N) is 1. The normalized spacial score (nSPS) is 14.1. The predicted octanol–water partition coefficient (Wildman–Crippen LogP) is 5.84. The van der Waals surface area contributed by atoms with Gasteiger partial charge in [0.1, 0.15) is 5.75 Å². The number of ether oxygens (including phenoxy) is 1. The smallest absolute Gasteiger partial charge is 0.271 e. The van der Waals surface area contributed by atoms with Gasteiger partial charge >= 0.3 is 0 Å². The van der Waals surface area contributed by atoms with Gasteiger partial charge in [0.2, 0.25) is 0 Å². The number of anilines is 1. The first-order valence-electron chi connectivity index (χ1n) is 13.4. The van der Waals surface area contributed by atoms with Crippen molar-refractivity contribution in [1.82, 2.24) is 14.9 Å². The summed E-state index contributed by atoms with van der Waals surface area (Å²) < 4.78 is 7.65. The van der Waals surface area contributed by atoms with Crippen LogP contribution in [0, 0.1) is 13.8 Å². The molecule has 0 spiro atoms. The van der Waals surface area contributed by atoms with Gasteiger partial charge in [-0.05, 0) is 67.9 Å². The van der Waals surface area contributed by atoms with Crippen LogP contribution in [0.15, 0.2) is 84.0 Å². The van der Waals surface area contributed by atoms with Gasteiger partial charge in [-0.15, -0.1) is 0 Å². The fraction of sp³-hybridized carbons (Fsp3) is 0.250. The first kappa shape index (κ1) is 27.5. The summed E-state index contributed by atoms with van der Waals surface area (Å²) in [5.74, 6) is 0.673. The average molecular weight is 556 g/mol. The molecule has 0 unspecified atom stereocenters. The Labute approximate surface area is 240 Å². The second kappa shape index (κ2) is 12.4. The molecule has 1 aliphatic heterocycles. The standard InChI is InChI=1S/C32H34ClN5O2/c1-23-19-27(24(2)38(23)29-8-6-7-28(33)20-29)21-34-35-32(39)26-13-11-25(12-14-26)22-36-15-17-37(18-16-36)30-9-4-5-10-31(30)40-3/h4-14,19-21H,15-18,22H2,1-3H3,(H,35,39). The highest BCUT2D eigenvalue weighted by Crippen LogP contribution is 2.28. The molecular formula is C32H34ClN5O2. The van der Waals surface area contributed by atoms with E-state index in [9.17, 15) is 4.79 Å². The number of halogens is 1. The van der Waals surface area contributed by atoms with Gasteiger partial charge in [0.25, 0.3) is 5.91 Å². The van der Waals surface area contributed by atoms with E-state index >= 15 is 0 Å². The highest BCUT2D eigenvalue weighted by atomic mass is 35.5. The summed E-state index contributed by atoms with van der Waals surface area (Å²) in [6, 6.07) is 25.7. The maximum Gasteiger partial charge on any atom is 0.271 e. The molecule has 0 atom stereocenters. The van der Waals surface area contributed by atoms with E-state index in [2.05, 4.69) is 31.0 Å². The second-order valence-electron chi connectivity index (χ2n) is 9.97. The topological polar surface area (TPSA) is 62.1 Å². The number of piperazine rings is 1. The van der Waals surface area contributed by atoms with Crippen molar-refractivity contribution in [3.8, 4) is 11.4 Å². The van der Waals surface area contributed by atoms with E-state index in [1.54, 1.807) is 13.3 Å². The van der Waals surface area contributed by atoms with Gasteiger partial charge < -0.3 is 14.2 Å². The van der Waals surface area contributed by atoms with Gasteiger partial charge in [0, 0.05) is 65.9 Å². The van der Waals surface area contributed by atoms with Gasteiger partial charge in [0.15, 0.2) is 0 Å². The van der Waals surface area contributed by atoms with Crippen molar-refractivity contribution in [1.29, 1.82) is 0 Å². The van der Waals surface area contributed by atoms with Crippen LogP contribution in [0.3, 0.4) is 0 Å². The van der Waals surface area contributed by atoms with Gasteiger partial charge in [-0.2, -0.15) is 5.10 Å². The lowest BCUT2D eigenvalue weighted by Gasteiger charge is -2.36. The number of aryl methyl sites for hydroxylation is 1. The third kappa shape index (κ3) is 6.22. The third-order valence-corrected chi connectivity index (χ3v) is 7.56. The van der Waals surface area contributed by atoms with Gasteiger partial charge in [-0.1, -0.05) is 41.9 Å². The summed E-state index contributed by atoms with van der Waals surface area (Å²) in [6.07, 6.45) is 1.68. The van der Waals surface area contributed by atoms with Crippen LogP contribution < -0.4 is 15.1 Å². The van der Waals surface area contributed by atoms with Crippen molar-refractivity contribution in [3.05, 3.63) is 112 Å². The highest BCUT2D eigenvalue weighted by molar-refractivity contribution is 6.30. The maximum absolute atomic E-state index is 12.7. The Hall–Kier alpha value is -4.07. The van der Waals surface area contributed by atoms with E-state index < -0.39 is 0 Å². The molecule has 0 saturated carbocycles. The van der Waals surface area contributed by atoms with E-state index in [-0.39, 0.29) is 5.91 Å². The van der Waals surface area contributed by atoms with Crippen LogP contribution in [0.5, 0.6) is 5.75 Å². The molecule has 5 rings (SSSR count). The number of carbonyl (C=O) groups is 1. The lowest BCUT2D eigenvalue weighted by molar-refractivity contribution is 0.0955. The van der Waals surface area contributed by atoms with Crippen LogP contribution in [-0.4, -0.2) is 54.9 Å². The zero-order chi connectivity index (χ0) is 28.1. The number of carbonyl (C=O) groups excluding carboxylic acids is 1. The molecule has 3 aromatic carbocycles. The molecule has 7 nitrogen and oxygen atoms in total. The summed E-state index contributed by atoms with van der Waals surface area (Å²) >= 11 is 6.18. The molecule has 2 heterocycles. The van der Waals surface area contributed by atoms with Crippen molar-refractivity contribution < 1.29 is 9.53 Å². The van der Waals surface area contributed by atoms with Crippen molar-refractivity contribution in [3.63, 3.8) is 0 Å². The lowest BCUT2D eigenvalue weighted by atomic mass is 10.1. The SMILES string of the molecule is COc1ccccc1N1CCN(Cc2ccc(C(=O)NN=Cc3cc(C)n(-c4cccc(Cl)c4)c3C)cc2)CC1. The number of hydrogen-bond donors (Lipinski definition) is 1. The number of para-hydroxylation sites is 2. The fourth-order valence-corrected chi connectivity index (χ4v) is 5.40. The maximum atomic E-state index is 12.7. The van der Waals surface area contributed by atoms with Crippen LogP contribution in [0.1, 0.15) is 32.9 Å². The number of aromatic nitrogens is 1. The second-order valence-corrected chi connectivity index (χ2v) is 10.4. The molecule has 4 aromatic rings. The zero-order valence-corrected chi connectivity index (χ0v) is 23.9. The molecule has 40 heavy (non-hydrogen) atoms. The summed E-state index contributed by atoms with van der Waals surface area (Å²) in [5, 5.41) is 4.90. The summed E-state index contributed by atoms with van der Waals surface area (Å²) in [5.41, 5.74) is 9.56. The Balaban J connectivity index is 1.14. The molecule has 0 aliphatic carbocycles. The summed E-state index contributed by atoms with van der Waals surface area (Å²) in [4.78, 5) is 17.5. The number of rotatable bonds is 8. The van der Waals surface area contributed by atoms with E-state index in [1.165, 1.54) is 5.56 Å². The Kier molecular flexibility index (Phi) is 8.53. The Bertz CT molecular complexity index is 1500. The monoisotopic (exact) mass is 555 g/mol. The largest absolute Gasteiger partial charge is 0.495 e. The molecule has 8 heteroatoms. The number of hydrogen-bond acceptors (Lipinski definition) is 5. The summed E-state index contributed by atoms with van der Waals surface area (Å²) in [7, 11) is 1.72. The Morgan fingerprint density at radius 1 is 0.975 bits per heavy atom. The molecule has 1 aromatic heterocycles. The first-order chi connectivity index (χ1) is 19.4. The van der Waals surface area contributed by atoms with Gasteiger partial charge in [0.05, 0.1) is 19.0 Å². The van der Waals surface area contributed by atoms with E-state index in [0.717, 1.165) is 66.8 Å². The van der Waals surface area contributed by atoms with Crippen molar-refractivity contribution in [2.75, 3.05) is 38.2 Å². The fourth-order valence-electron chi connectivity index (χ4n) is 5.21. The molecule has 1 N–H and O–H groups in total. The van der Waals surface area contributed by atoms with Crippen LogP contribution in [0.2, 0.25) is 5.02 Å². The van der Waals surface area contributed by atoms with E-state index in [0.29, 0.717) is 10.6 Å². The van der Waals surface area contributed by atoms with Gasteiger partial charge in [-0.25, -0.2) is 5.43 Å². The lowest BCUT2D eigenvalue weighted by Crippen LogP contribution is -2.46. The molecule has 1 amide bonds. The minimum absolute atomic E-state index is 0.239. The number of nitrogens with zero attached hydrogens (tertiary/aromatic N) is 4. The van der Waals surface area contributed by atoms with Crippen LogP contribution in [0.25, 0.3) is 5.69 Å². The molecule has 1 saturated heterocycles. The van der Waals surface area contributed by atoms with Gasteiger partial charge in [-0.3, -0.25) is 9.69 Å². The Morgan fingerprint density at radius 2 is 1.73 bits per heavy atom. The van der Waals surface area contributed by atoms with E-state index in [4.69, 9.17) is 16.3 Å². The van der Waals surface area contributed by atoms with Crippen molar-refractivity contribution in [2.45, 2.75) is 20.4 Å². The number of methoxy groups -OCH3 is 1. The summed E-state index contributed by atoms with van der Waals surface area (Å²) in [6.45, 7) is 8.72. The zero-order valence-electron chi connectivity index (χ0n) is 23.1. The number of benzene rings is 3. The molecule has 206 valence electrons. The van der Waals surface area contributed by atoms with Crippen LogP contribution >= 0.6 is 11.6 Å². The average Bonchev–Trinajstić information content (AvgIpc) is 3.26. The predicted molar refractivity (Wildman–Crippen MR) is 162 cm³/mol. The Morgan fingerprint density at radius 3 is 2.45 bits per heavy atom. The van der Waals surface area contributed by atoms with Crippen molar-refractivity contribution >= 4 is 29.4 Å². The van der Waals surface area contributed by atoms with Crippen LogP contribution in [0.4, 0.5) is 5.69 Å². The van der Waals surface area contributed by atoms with E-state index in [1.807, 2.05) is 86.6 Å². The third-order valence-electron chi connectivity index (χ3n) is 7.33. The molecule has 0 bridgehead atoms. The number of hydrazone groups is 1. The highest BCUT2D eigenvalue weighted by Gasteiger charge is 2.19. The minimum Gasteiger partial charge on any atom is -0.495 e. The molecule has 1 aliphatic rings. The van der Waals surface area contributed by atoms with Crippen LogP contribution in [-0.2, 0) is 6.54 Å². The number of amides is 1. The minimum atomic E-state index is -0.239.